The Kier molecular flexibility index (Phi) is 11.6. The van der Waals surface area contributed by atoms with E-state index in [0.717, 1.165) is 15.4 Å². The zero-order chi connectivity index (χ0) is 32.7. The number of carbonyl (C=O) groups excluding carboxylic acids is 2. The van der Waals surface area contributed by atoms with Crippen LogP contribution in [0.4, 0.5) is 5.69 Å². The van der Waals surface area contributed by atoms with Crippen molar-refractivity contribution in [3.8, 4) is 0 Å². The minimum absolute atomic E-state index is 0.00920. The maximum atomic E-state index is 14.5. The van der Waals surface area contributed by atoms with Crippen molar-refractivity contribution in [2.75, 3.05) is 10.8 Å². The maximum absolute atomic E-state index is 14.5. The highest BCUT2D eigenvalue weighted by Crippen LogP contribution is 2.29. The fraction of sp³-hybridized carbons (Fsp3) is 0.235. The molecule has 0 heterocycles. The summed E-state index contributed by atoms with van der Waals surface area (Å²) < 4.78 is 29.2. The van der Waals surface area contributed by atoms with E-state index >= 15 is 0 Å². The Morgan fingerprint density at radius 1 is 0.800 bits per heavy atom. The maximum Gasteiger partial charge on any atom is 0.264 e. The van der Waals surface area contributed by atoms with Crippen LogP contribution in [0, 0.1) is 6.92 Å². The highest BCUT2D eigenvalue weighted by atomic mass is 35.5. The number of aryl methyl sites for hydroxylation is 1. The van der Waals surface area contributed by atoms with Gasteiger partial charge in [0.1, 0.15) is 12.6 Å². The molecule has 1 N–H and O–H groups in total. The summed E-state index contributed by atoms with van der Waals surface area (Å²) in [6, 6.07) is 25.5. The van der Waals surface area contributed by atoms with Gasteiger partial charge in [-0.2, -0.15) is 0 Å². The molecule has 4 rings (SSSR count). The van der Waals surface area contributed by atoms with Crippen LogP contribution < -0.4 is 9.62 Å². The van der Waals surface area contributed by atoms with Crippen LogP contribution in [0.5, 0.6) is 0 Å². The van der Waals surface area contributed by atoms with Gasteiger partial charge >= 0.3 is 0 Å². The minimum Gasteiger partial charge on any atom is -0.352 e. The Morgan fingerprint density at radius 2 is 1.40 bits per heavy atom. The molecule has 0 saturated heterocycles. The number of nitrogens with one attached hydrogen (secondary N) is 1. The molecule has 45 heavy (non-hydrogen) atoms. The average molecular weight is 687 g/mol. The predicted octanol–water partition coefficient (Wildman–Crippen LogP) is 7.32. The predicted molar refractivity (Wildman–Crippen MR) is 181 cm³/mol. The second-order valence-corrected chi connectivity index (χ2v) is 14.0. The van der Waals surface area contributed by atoms with Crippen molar-refractivity contribution in [2.45, 2.75) is 50.7 Å². The molecule has 0 unspecified atom stereocenters. The second-order valence-electron chi connectivity index (χ2n) is 10.9. The molecular formula is C34H34Cl3N3O4S. The lowest BCUT2D eigenvalue weighted by atomic mass is 10.0. The second kappa shape index (κ2) is 15.1. The van der Waals surface area contributed by atoms with Crippen LogP contribution in [0.2, 0.25) is 15.1 Å². The van der Waals surface area contributed by atoms with Crippen molar-refractivity contribution >= 4 is 62.3 Å². The molecule has 236 valence electrons. The summed E-state index contributed by atoms with van der Waals surface area (Å²) in [6.07, 6.45) is 0.166. The lowest BCUT2D eigenvalue weighted by Gasteiger charge is -2.34. The van der Waals surface area contributed by atoms with Crippen molar-refractivity contribution in [3.63, 3.8) is 0 Å². The molecule has 0 aliphatic carbocycles. The van der Waals surface area contributed by atoms with E-state index in [0.29, 0.717) is 20.6 Å². The molecule has 0 spiro atoms. The lowest BCUT2D eigenvalue weighted by molar-refractivity contribution is -0.140. The third kappa shape index (κ3) is 8.79. The van der Waals surface area contributed by atoms with E-state index in [2.05, 4.69) is 5.32 Å². The molecule has 0 aliphatic rings. The normalized spacial score (nSPS) is 12.1. The fourth-order valence-corrected chi connectivity index (χ4v) is 6.82. The van der Waals surface area contributed by atoms with Crippen molar-refractivity contribution in [1.29, 1.82) is 0 Å². The van der Waals surface area contributed by atoms with E-state index in [1.165, 1.54) is 29.2 Å². The summed E-state index contributed by atoms with van der Waals surface area (Å²) in [5.74, 6) is -1.03. The number of rotatable bonds is 12. The quantitative estimate of drug-likeness (QED) is 0.169. The first-order valence-corrected chi connectivity index (χ1v) is 16.9. The van der Waals surface area contributed by atoms with Crippen molar-refractivity contribution in [2.24, 2.45) is 0 Å². The Morgan fingerprint density at radius 3 is 1.98 bits per heavy atom. The van der Waals surface area contributed by atoms with Crippen LogP contribution in [0.3, 0.4) is 0 Å². The van der Waals surface area contributed by atoms with Crippen LogP contribution in [0.25, 0.3) is 0 Å². The third-order valence-corrected chi connectivity index (χ3v) is 9.84. The molecule has 11 heteroatoms. The topological polar surface area (TPSA) is 86.8 Å². The largest absolute Gasteiger partial charge is 0.352 e. The molecule has 0 aliphatic heterocycles. The summed E-state index contributed by atoms with van der Waals surface area (Å²) >= 11 is 19.2. The zero-order valence-corrected chi connectivity index (χ0v) is 28.2. The zero-order valence-electron chi connectivity index (χ0n) is 25.1. The number of carbonyl (C=O) groups is 2. The minimum atomic E-state index is -4.24. The Hall–Kier alpha value is -3.56. The van der Waals surface area contributed by atoms with Gasteiger partial charge < -0.3 is 10.2 Å². The van der Waals surface area contributed by atoms with Gasteiger partial charge in [-0.25, -0.2) is 8.42 Å². The molecule has 7 nitrogen and oxygen atoms in total. The molecule has 0 saturated carbocycles. The first-order chi connectivity index (χ1) is 21.4. The van der Waals surface area contributed by atoms with Crippen molar-refractivity contribution < 1.29 is 18.0 Å². The molecule has 4 aromatic rings. The molecule has 1 atom stereocenters. The van der Waals surface area contributed by atoms with Crippen LogP contribution >= 0.6 is 34.8 Å². The van der Waals surface area contributed by atoms with E-state index in [1.54, 1.807) is 42.5 Å². The highest BCUT2D eigenvalue weighted by molar-refractivity contribution is 7.92. The van der Waals surface area contributed by atoms with Crippen LogP contribution in [0.15, 0.2) is 102 Å². The Labute approximate surface area is 279 Å². The standard InChI is InChI=1S/C34H34Cl3N3O4S/c1-23(2)38-34(42)32(20-25-8-5-4-6-9-25)39(21-29-30(36)10-7-11-31(29)37)33(41)22-40(27-16-14-26(35)15-17-27)45(43,44)28-18-12-24(3)13-19-28/h4-19,23,32H,20-22H2,1-3H3,(H,38,42)/t32-/m1/s1. The van der Waals surface area contributed by atoms with Gasteiger partial charge in [0.05, 0.1) is 10.6 Å². The van der Waals surface area contributed by atoms with E-state index in [1.807, 2.05) is 51.1 Å². The van der Waals surface area contributed by atoms with Crippen LogP contribution in [0.1, 0.15) is 30.5 Å². The molecular weight excluding hydrogens is 653 g/mol. The average Bonchev–Trinajstić information content (AvgIpc) is 2.99. The van der Waals surface area contributed by atoms with Crippen LogP contribution in [-0.2, 0) is 32.6 Å². The van der Waals surface area contributed by atoms with Crippen molar-refractivity contribution in [3.05, 3.63) is 129 Å². The molecule has 0 aromatic heterocycles. The number of halogens is 3. The van der Waals surface area contributed by atoms with Crippen molar-refractivity contribution in [1.82, 2.24) is 10.2 Å². The number of hydrogen-bond acceptors (Lipinski definition) is 4. The number of sulfonamides is 1. The summed E-state index contributed by atoms with van der Waals surface area (Å²) in [4.78, 5) is 29.7. The first kappa shape index (κ1) is 34.3. The first-order valence-electron chi connectivity index (χ1n) is 14.3. The number of amides is 2. The van der Waals surface area contributed by atoms with E-state index in [4.69, 9.17) is 34.8 Å². The van der Waals surface area contributed by atoms with E-state index in [-0.39, 0.29) is 29.6 Å². The summed E-state index contributed by atoms with van der Waals surface area (Å²) in [5, 5.41) is 3.94. The van der Waals surface area contributed by atoms with Gasteiger partial charge in [0.25, 0.3) is 10.0 Å². The smallest absolute Gasteiger partial charge is 0.264 e. The summed E-state index contributed by atoms with van der Waals surface area (Å²) in [7, 11) is -4.24. The SMILES string of the molecule is Cc1ccc(S(=O)(=O)N(CC(=O)N(Cc2c(Cl)cccc2Cl)[C@H](Cc2ccccc2)C(=O)NC(C)C)c2ccc(Cl)cc2)cc1. The van der Waals surface area contributed by atoms with Gasteiger partial charge in [-0.15, -0.1) is 0 Å². The van der Waals surface area contributed by atoms with E-state index < -0.39 is 34.4 Å². The number of hydrogen-bond donors (Lipinski definition) is 1. The molecule has 0 bridgehead atoms. The summed E-state index contributed by atoms with van der Waals surface area (Å²) in [6.45, 7) is 4.75. The summed E-state index contributed by atoms with van der Waals surface area (Å²) in [5.41, 5.74) is 2.36. The Bertz CT molecular complexity index is 1710. The van der Waals surface area contributed by atoms with Gasteiger partial charge in [0.15, 0.2) is 0 Å². The van der Waals surface area contributed by atoms with Gasteiger partial charge in [0, 0.05) is 39.6 Å². The molecule has 0 radical (unpaired) electrons. The van der Waals surface area contributed by atoms with E-state index in [9.17, 15) is 18.0 Å². The molecule has 0 fully saturated rings. The highest BCUT2D eigenvalue weighted by Gasteiger charge is 2.35. The van der Waals surface area contributed by atoms with Crippen LogP contribution in [-0.4, -0.2) is 43.8 Å². The third-order valence-electron chi connectivity index (χ3n) is 7.09. The lowest BCUT2D eigenvalue weighted by Crippen LogP contribution is -2.54. The van der Waals surface area contributed by atoms with Gasteiger partial charge in [-0.05, 0) is 74.9 Å². The molecule has 4 aromatic carbocycles. The fourth-order valence-electron chi connectivity index (χ4n) is 4.76. The molecule has 2 amide bonds. The van der Waals surface area contributed by atoms with Gasteiger partial charge in [-0.1, -0.05) is 88.9 Å². The van der Waals surface area contributed by atoms with Gasteiger partial charge in [-0.3, -0.25) is 13.9 Å². The monoisotopic (exact) mass is 685 g/mol. The number of benzene rings is 4. The van der Waals surface area contributed by atoms with Gasteiger partial charge in [0.2, 0.25) is 11.8 Å². The number of anilines is 1. The number of nitrogens with zero attached hydrogens (tertiary/aromatic N) is 2. The Balaban J connectivity index is 1.83.